The van der Waals surface area contributed by atoms with Crippen LogP contribution in [-0.4, -0.2) is 29.0 Å². The van der Waals surface area contributed by atoms with Gasteiger partial charge in [0.25, 0.3) is 0 Å². The van der Waals surface area contributed by atoms with Gasteiger partial charge >= 0.3 is 0 Å². The molecule has 4 aromatic rings. The highest BCUT2D eigenvalue weighted by molar-refractivity contribution is 9.10. The van der Waals surface area contributed by atoms with E-state index in [4.69, 9.17) is 4.98 Å². The van der Waals surface area contributed by atoms with Gasteiger partial charge in [-0.05, 0) is 40.2 Å². The lowest BCUT2D eigenvalue weighted by atomic mass is 10.2. The Hall–Kier alpha value is -2.71. The van der Waals surface area contributed by atoms with Gasteiger partial charge in [0.2, 0.25) is 0 Å². The van der Waals surface area contributed by atoms with E-state index >= 15 is 0 Å². The minimum atomic E-state index is -3.23. The Morgan fingerprint density at radius 2 is 1.74 bits per heavy atom. The summed E-state index contributed by atoms with van der Waals surface area (Å²) < 4.78 is 26.0. The smallest absolute Gasteiger partial charge is 0.181 e. The molecule has 0 aliphatic rings. The van der Waals surface area contributed by atoms with Crippen LogP contribution in [0.3, 0.4) is 0 Å². The Morgan fingerprint density at radius 1 is 1.04 bits per heavy atom. The van der Waals surface area contributed by atoms with Crippen molar-refractivity contribution in [2.75, 3.05) is 11.6 Å². The van der Waals surface area contributed by atoms with E-state index < -0.39 is 9.84 Å². The van der Waals surface area contributed by atoms with Gasteiger partial charge in [0.1, 0.15) is 4.60 Å². The number of anilines is 2. The first-order valence-electron chi connectivity index (χ1n) is 8.08. The zero-order valence-corrected chi connectivity index (χ0v) is 16.7. The molecule has 0 spiro atoms. The van der Waals surface area contributed by atoms with Crippen LogP contribution in [0.2, 0.25) is 0 Å². The molecule has 0 aliphatic heterocycles. The highest BCUT2D eigenvalue weighted by Crippen LogP contribution is 2.27. The number of halogens is 1. The number of imidazole rings is 1. The minimum Gasteiger partial charge on any atom is -0.337 e. The van der Waals surface area contributed by atoms with E-state index in [1.807, 2.05) is 40.9 Å². The van der Waals surface area contributed by atoms with E-state index in [0.717, 1.165) is 21.5 Å². The fourth-order valence-electron chi connectivity index (χ4n) is 2.71. The fraction of sp³-hybridized carbons (Fsp3) is 0.0526. The number of hydrogen-bond acceptors (Lipinski definition) is 5. The Labute approximate surface area is 165 Å². The van der Waals surface area contributed by atoms with Gasteiger partial charge in [0.05, 0.1) is 16.8 Å². The third-order valence-electron chi connectivity index (χ3n) is 4.06. The molecule has 2 aromatic carbocycles. The highest BCUT2D eigenvalue weighted by atomic mass is 79.9. The number of aromatic nitrogens is 3. The SMILES string of the molecule is CS(=O)(=O)c1ccc(Nc2nc(-c3ccccc3)cn3c(Br)cnc23)cc1. The molecule has 0 saturated carbocycles. The second kappa shape index (κ2) is 6.79. The summed E-state index contributed by atoms with van der Waals surface area (Å²) in [6.07, 6.45) is 4.81. The standard InChI is InChI=1S/C19H15BrN4O2S/c1-27(25,26)15-9-7-14(8-10-15)22-18-19-21-11-17(20)24(19)12-16(23-18)13-5-3-2-4-6-13/h2-12H,1H3,(H,22,23). The van der Waals surface area contributed by atoms with E-state index in [2.05, 4.69) is 26.2 Å². The fourth-order valence-corrected chi connectivity index (χ4v) is 3.72. The topological polar surface area (TPSA) is 76.4 Å². The quantitative estimate of drug-likeness (QED) is 0.509. The van der Waals surface area contributed by atoms with Crippen LogP contribution in [0.4, 0.5) is 11.5 Å². The van der Waals surface area contributed by atoms with Crippen molar-refractivity contribution in [1.82, 2.24) is 14.4 Å². The van der Waals surface area contributed by atoms with E-state index in [0.29, 0.717) is 11.5 Å². The number of nitrogens with zero attached hydrogens (tertiary/aromatic N) is 3. The largest absolute Gasteiger partial charge is 0.337 e. The van der Waals surface area contributed by atoms with Gasteiger partial charge in [0, 0.05) is 23.7 Å². The molecular formula is C19H15BrN4O2S. The molecule has 0 radical (unpaired) electrons. The van der Waals surface area contributed by atoms with Crippen LogP contribution in [-0.2, 0) is 9.84 Å². The summed E-state index contributed by atoms with van der Waals surface area (Å²) in [5.74, 6) is 0.578. The molecule has 6 nitrogen and oxygen atoms in total. The van der Waals surface area contributed by atoms with Crippen LogP contribution in [0.25, 0.3) is 16.9 Å². The van der Waals surface area contributed by atoms with Gasteiger partial charge in [-0.15, -0.1) is 0 Å². The summed E-state index contributed by atoms with van der Waals surface area (Å²) >= 11 is 3.50. The second-order valence-corrected chi connectivity index (χ2v) is 8.87. The van der Waals surface area contributed by atoms with E-state index in [-0.39, 0.29) is 4.90 Å². The van der Waals surface area contributed by atoms with Gasteiger partial charge in [-0.3, -0.25) is 4.40 Å². The van der Waals surface area contributed by atoms with E-state index in [1.165, 1.54) is 6.26 Å². The Kier molecular flexibility index (Phi) is 4.45. The number of rotatable bonds is 4. The number of nitrogens with one attached hydrogen (secondary N) is 1. The average Bonchev–Trinajstić information content (AvgIpc) is 3.03. The maximum absolute atomic E-state index is 11.6. The summed E-state index contributed by atoms with van der Waals surface area (Å²) in [5.41, 5.74) is 3.16. The predicted octanol–water partition coefficient (Wildman–Crippen LogP) is 4.31. The van der Waals surface area contributed by atoms with Crippen molar-refractivity contribution in [3.8, 4) is 11.3 Å². The minimum absolute atomic E-state index is 0.271. The molecule has 0 unspecified atom stereocenters. The van der Waals surface area contributed by atoms with Crippen LogP contribution in [0, 0.1) is 0 Å². The zero-order chi connectivity index (χ0) is 19.0. The van der Waals surface area contributed by atoms with Crippen molar-refractivity contribution in [3.05, 3.63) is 71.6 Å². The number of hydrogen-bond donors (Lipinski definition) is 1. The van der Waals surface area contributed by atoms with Crippen LogP contribution in [0.1, 0.15) is 0 Å². The van der Waals surface area contributed by atoms with Crippen LogP contribution >= 0.6 is 15.9 Å². The third kappa shape index (κ3) is 3.58. The van der Waals surface area contributed by atoms with E-state index in [9.17, 15) is 8.42 Å². The van der Waals surface area contributed by atoms with Crippen molar-refractivity contribution in [2.45, 2.75) is 4.90 Å². The Bertz CT molecular complexity index is 1220. The first-order valence-corrected chi connectivity index (χ1v) is 10.8. The second-order valence-electron chi connectivity index (χ2n) is 6.04. The summed E-state index contributed by atoms with van der Waals surface area (Å²) in [7, 11) is -3.23. The zero-order valence-electron chi connectivity index (χ0n) is 14.3. The summed E-state index contributed by atoms with van der Waals surface area (Å²) in [6.45, 7) is 0. The highest BCUT2D eigenvalue weighted by Gasteiger charge is 2.13. The molecule has 27 heavy (non-hydrogen) atoms. The first kappa shape index (κ1) is 17.7. The number of sulfone groups is 1. The maximum atomic E-state index is 11.6. The molecule has 0 aliphatic carbocycles. The van der Waals surface area contributed by atoms with Gasteiger partial charge in [-0.1, -0.05) is 30.3 Å². The molecule has 8 heteroatoms. The number of benzene rings is 2. The summed E-state index contributed by atoms with van der Waals surface area (Å²) in [4.78, 5) is 9.39. The molecule has 1 N–H and O–H groups in total. The summed E-state index contributed by atoms with van der Waals surface area (Å²) in [5, 5.41) is 3.24. The Balaban J connectivity index is 1.79. The van der Waals surface area contributed by atoms with Gasteiger partial charge in [-0.2, -0.15) is 0 Å². The van der Waals surface area contributed by atoms with Crippen molar-refractivity contribution in [3.63, 3.8) is 0 Å². The molecule has 0 bridgehead atoms. The molecule has 0 saturated heterocycles. The molecular weight excluding hydrogens is 428 g/mol. The van der Waals surface area contributed by atoms with Gasteiger partial charge in [-0.25, -0.2) is 18.4 Å². The lowest BCUT2D eigenvalue weighted by Crippen LogP contribution is -2.01. The van der Waals surface area contributed by atoms with Crippen molar-refractivity contribution in [2.24, 2.45) is 0 Å². The summed E-state index contributed by atoms with van der Waals surface area (Å²) in [6, 6.07) is 16.4. The van der Waals surface area contributed by atoms with Crippen LogP contribution in [0.5, 0.6) is 0 Å². The Morgan fingerprint density at radius 3 is 2.41 bits per heavy atom. The third-order valence-corrected chi connectivity index (χ3v) is 5.78. The lowest BCUT2D eigenvalue weighted by molar-refractivity contribution is 0.602. The molecule has 0 amide bonds. The average molecular weight is 443 g/mol. The van der Waals surface area contributed by atoms with Crippen molar-refractivity contribution < 1.29 is 8.42 Å². The maximum Gasteiger partial charge on any atom is 0.181 e. The number of fused-ring (bicyclic) bond motifs is 1. The molecule has 2 aromatic heterocycles. The molecule has 4 rings (SSSR count). The van der Waals surface area contributed by atoms with Crippen LogP contribution < -0.4 is 5.32 Å². The van der Waals surface area contributed by atoms with Gasteiger partial charge in [0.15, 0.2) is 21.3 Å². The van der Waals surface area contributed by atoms with Crippen LogP contribution in [0.15, 0.2) is 76.5 Å². The van der Waals surface area contributed by atoms with Crippen molar-refractivity contribution >= 4 is 42.9 Å². The first-order chi connectivity index (χ1) is 12.9. The molecule has 0 atom stereocenters. The molecule has 136 valence electrons. The molecule has 0 fully saturated rings. The lowest BCUT2D eigenvalue weighted by Gasteiger charge is -2.11. The van der Waals surface area contributed by atoms with Gasteiger partial charge < -0.3 is 5.32 Å². The monoisotopic (exact) mass is 442 g/mol. The van der Waals surface area contributed by atoms with Crippen molar-refractivity contribution in [1.29, 1.82) is 0 Å². The normalized spacial score (nSPS) is 11.6. The predicted molar refractivity (Wildman–Crippen MR) is 109 cm³/mol. The van der Waals surface area contributed by atoms with E-state index in [1.54, 1.807) is 30.5 Å². The molecule has 2 heterocycles.